The molecule has 3 aromatic carbocycles. The fourth-order valence-corrected chi connectivity index (χ4v) is 4.13. The van der Waals surface area contributed by atoms with E-state index in [0.29, 0.717) is 0 Å². The van der Waals surface area contributed by atoms with E-state index in [2.05, 4.69) is 10.6 Å². The fraction of sp³-hybridized carbons (Fsp3) is 0.192. The summed E-state index contributed by atoms with van der Waals surface area (Å²) in [6, 6.07) is 18.0. The molecule has 34 heavy (non-hydrogen) atoms. The Kier molecular flexibility index (Phi) is 6.58. The van der Waals surface area contributed by atoms with Crippen LogP contribution in [0.15, 0.2) is 66.7 Å². The number of rotatable bonds is 7. The lowest BCUT2D eigenvalue weighted by atomic mass is 9.98. The maximum absolute atomic E-state index is 14.1. The summed E-state index contributed by atoms with van der Waals surface area (Å²) in [5.41, 5.74) is 4.22. The molecule has 0 radical (unpaired) electrons. The van der Waals surface area contributed by atoms with E-state index in [0.717, 1.165) is 34.4 Å². The average molecular weight is 462 g/mol. The first-order chi connectivity index (χ1) is 16.4. The lowest BCUT2D eigenvalue weighted by molar-refractivity contribution is -0.139. The van der Waals surface area contributed by atoms with Gasteiger partial charge < -0.3 is 15.2 Å². The van der Waals surface area contributed by atoms with Crippen molar-refractivity contribution in [1.29, 1.82) is 0 Å². The Bertz CT molecular complexity index is 1210. The van der Waals surface area contributed by atoms with Gasteiger partial charge in [0.05, 0.1) is 0 Å². The number of ether oxygens (including phenoxy) is 1. The van der Waals surface area contributed by atoms with Crippen molar-refractivity contribution in [2.75, 3.05) is 11.9 Å². The van der Waals surface area contributed by atoms with Gasteiger partial charge in [0, 0.05) is 17.2 Å². The molecule has 1 aliphatic rings. The molecular weight excluding hydrogens is 439 g/mol. The van der Waals surface area contributed by atoms with Crippen molar-refractivity contribution in [2.24, 2.45) is 0 Å². The molecule has 1 unspecified atom stereocenters. The summed E-state index contributed by atoms with van der Waals surface area (Å²) in [5.74, 6) is -2.84. The van der Waals surface area contributed by atoms with E-state index in [4.69, 9.17) is 9.84 Å². The van der Waals surface area contributed by atoms with Crippen LogP contribution < -0.4 is 10.6 Å². The number of carbonyl (C=O) groups is 3. The van der Waals surface area contributed by atoms with Gasteiger partial charge in [0.1, 0.15) is 18.5 Å². The third-order valence-corrected chi connectivity index (χ3v) is 5.76. The third-order valence-electron chi connectivity index (χ3n) is 5.76. The summed E-state index contributed by atoms with van der Waals surface area (Å²) in [6.45, 7) is 1.69. The summed E-state index contributed by atoms with van der Waals surface area (Å²) in [6.07, 6.45) is -0.628. The van der Waals surface area contributed by atoms with Crippen LogP contribution in [0.25, 0.3) is 11.1 Å². The maximum Gasteiger partial charge on any atom is 0.411 e. The highest BCUT2D eigenvalue weighted by molar-refractivity contribution is 5.98. The molecule has 3 N–H and O–H groups in total. The van der Waals surface area contributed by atoms with Gasteiger partial charge in [-0.15, -0.1) is 0 Å². The van der Waals surface area contributed by atoms with Crippen molar-refractivity contribution in [3.8, 4) is 11.1 Å². The molecule has 0 spiro atoms. The third kappa shape index (κ3) is 4.76. The zero-order chi connectivity index (χ0) is 24.2. The summed E-state index contributed by atoms with van der Waals surface area (Å²) in [7, 11) is 0. The van der Waals surface area contributed by atoms with Crippen LogP contribution in [0.1, 0.15) is 40.7 Å². The van der Waals surface area contributed by atoms with Crippen LogP contribution in [0.5, 0.6) is 0 Å². The largest absolute Gasteiger partial charge is 0.480 e. The molecule has 1 atom stereocenters. The Morgan fingerprint density at radius 2 is 1.62 bits per heavy atom. The lowest BCUT2D eigenvalue weighted by Gasteiger charge is -2.15. The average Bonchev–Trinajstić information content (AvgIpc) is 3.14. The minimum atomic E-state index is -1.19. The van der Waals surface area contributed by atoms with Crippen molar-refractivity contribution >= 4 is 23.7 Å². The maximum atomic E-state index is 14.1. The van der Waals surface area contributed by atoms with Crippen molar-refractivity contribution in [3.63, 3.8) is 0 Å². The fourth-order valence-electron chi connectivity index (χ4n) is 4.13. The molecule has 4 rings (SSSR count). The van der Waals surface area contributed by atoms with E-state index in [-0.39, 0.29) is 30.2 Å². The Balaban J connectivity index is 1.44. The van der Waals surface area contributed by atoms with E-state index >= 15 is 0 Å². The summed E-state index contributed by atoms with van der Waals surface area (Å²) in [4.78, 5) is 36.0. The number of hydrogen-bond donors (Lipinski definition) is 3. The van der Waals surface area contributed by atoms with E-state index in [9.17, 15) is 18.8 Å². The quantitative estimate of drug-likeness (QED) is 0.469. The first-order valence-electron chi connectivity index (χ1n) is 10.8. The first-order valence-corrected chi connectivity index (χ1v) is 10.8. The van der Waals surface area contributed by atoms with Crippen LogP contribution in [0.2, 0.25) is 0 Å². The number of nitrogens with one attached hydrogen (secondary N) is 2. The van der Waals surface area contributed by atoms with Gasteiger partial charge in [0.2, 0.25) is 0 Å². The molecule has 8 heteroatoms. The number of hydrogen-bond acceptors (Lipinski definition) is 4. The van der Waals surface area contributed by atoms with Gasteiger partial charge in [-0.1, -0.05) is 55.5 Å². The normalized spacial score (nSPS) is 12.9. The predicted octanol–water partition coefficient (Wildman–Crippen LogP) is 4.78. The molecule has 0 fully saturated rings. The molecule has 3 aromatic rings. The minimum absolute atomic E-state index is 0.0192. The van der Waals surface area contributed by atoms with Gasteiger partial charge in [-0.2, -0.15) is 0 Å². The second-order valence-corrected chi connectivity index (χ2v) is 7.95. The zero-order valence-electron chi connectivity index (χ0n) is 18.4. The number of halogens is 1. The molecule has 174 valence electrons. The molecule has 0 aromatic heterocycles. The first kappa shape index (κ1) is 23.0. The Morgan fingerprint density at radius 3 is 2.21 bits per heavy atom. The van der Waals surface area contributed by atoms with Crippen molar-refractivity contribution < 1.29 is 28.6 Å². The Morgan fingerprint density at radius 1 is 1.00 bits per heavy atom. The second kappa shape index (κ2) is 9.74. The molecule has 7 nitrogen and oxygen atoms in total. The molecule has 0 bridgehead atoms. The van der Waals surface area contributed by atoms with Crippen molar-refractivity contribution in [1.82, 2.24) is 5.32 Å². The number of anilines is 1. The Hall–Kier alpha value is -4.20. The molecule has 0 heterocycles. The van der Waals surface area contributed by atoms with Crippen LogP contribution in [0.3, 0.4) is 0 Å². The molecule has 1 aliphatic carbocycles. The summed E-state index contributed by atoms with van der Waals surface area (Å²) in [5, 5.41) is 13.9. The monoisotopic (exact) mass is 462 g/mol. The highest BCUT2D eigenvalue weighted by atomic mass is 19.1. The SMILES string of the molecule is CCC(NC(=O)c1cc(F)cc(NC(=O)OCC2c3ccccc3-c3ccccc32)c1)C(=O)O. The summed E-state index contributed by atoms with van der Waals surface area (Å²) < 4.78 is 19.5. The summed E-state index contributed by atoms with van der Waals surface area (Å²) >= 11 is 0. The number of benzene rings is 3. The standard InChI is InChI=1S/C26H23FN2O5/c1-2-23(25(31)32)29-24(30)15-11-16(27)13-17(12-15)28-26(33)34-14-22-20-9-5-3-7-18(20)19-8-4-6-10-21(19)22/h3-13,22-23H,2,14H2,1H3,(H,28,33)(H,29,30)(H,31,32). The number of amides is 2. The van der Waals surface area contributed by atoms with Gasteiger partial charge in [0.15, 0.2) is 0 Å². The van der Waals surface area contributed by atoms with Crippen molar-refractivity contribution in [3.05, 3.63) is 89.2 Å². The van der Waals surface area contributed by atoms with Gasteiger partial charge >= 0.3 is 12.1 Å². The molecule has 0 saturated carbocycles. The number of aliphatic carboxylic acids is 1. The minimum Gasteiger partial charge on any atom is -0.480 e. The van der Waals surface area contributed by atoms with Gasteiger partial charge in [-0.25, -0.2) is 14.0 Å². The second-order valence-electron chi connectivity index (χ2n) is 7.95. The number of carbonyl (C=O) groups excluding carboxylic acids is 2. The molecule has 2 amide bonds. The smallest absolute Gasteiger partial charge is 0.411 e. The topological polar surface area (TPSA) is 105 Å². The van der Waals surface area contributed by atoms with Gasteiger partial charge in [-0.05, 0) is 46.9 Å². The number of carboxylic acid groups (broad SMARTS) is 1. The van der Waals surface area contributed by atoms with E-state index in [1.165, 1.54) is 6.07 Å². The van der Waals surface area contributed by atoms with E-state index < -0.39 is 29.8 Å². The van der Waals surface area contributed by atoms with E-state index in [1.54, 1.807) is 6.92 Å². The van der Waals surface area contributed by atoms with Crippen LogP contribution in [-0.2, 0) is 9.53 Å². The highest BCUT2D eigenvalue weighted by Gasteiger charge is 2.29. The highest BCUT2D eigenvalue weighted by Crippen LogP contribution is 2.44. The predicted molar refractivity (Wildman–Crippen MR) is 124 cm³/mol. The van der Waals surface area contributed by atoms with E-state index in [1.807, 2.05) is 48.5 Å². The number of fused-ring (bicyclic) bond motifs is 3. The molecular formula is C26H23FN2O5. The van der Waals surface area contributed by atoms with Gasteiger partial charge in [-0.3, -0.25) is 10.1 Å². The van der Waals surface area contributed by atoms with Crippen LogP contribution in [0, 0.1) is 5.82 Å². The zero-order valence-corrected chi connectivity index (χ0v) is 18.4. The van der Waals surface area contributed by atoms with Crippen LogP contribution in [-0.4, -0.2) is 35.7 Å². The van der Waals surface area contributed by atoms with Crippen LogP contribution >= 0.6 is 0 Å². The van der Waals surface area contributed by atoms with Gasteiger partial charge in [0.25, 0.3) is 5.91 Å². The Labute approximate surface area is 195 Å². The molecule has 0 aliphatic heterocycles. The molecule has 0 saturated heterocycles. The van der Waals surface area contributed by atoms with Crippen molar-refractivity contribution in [2.45, 2.75) is 25.3 Å². The van der Waals surface area contributed by atoms with Crippen LogP contribution in [0.4, 0.5) is 14.9 Å². The lowest BCUT2D eigenvalue weighted by Crippen LogP contribution is -2.40. The number of carboxylic acids is 1.